The fourth-order valence-corrected chi connectivity index (χ4v) is 5.01. The van der Waals surface area contributed by atoms with Crippen molar-refractivity contribution >= 4 is 33.2 Å². The lowest BCUT2D eigenvalue weighted by Crippen LogP contribution is -2.46. The number of hydrogen-bond donors (Lipinski definition) is 1. The van der Waals surface area contributed by atoms with E-state index in [1.807, 2.05) is 24.3 Å². The number of carbonyl (C=O) groups excluding carboxylic acids is 1. The van der Waals surface area contributed by atoms with Gasteiger partial charge in [0.05, 0.1) is 11.6 Å². The molecule has 1 atom stereocenters. The van der Waals surface area contributed by atoms with Gasteiger partial charge < -0.3 is 4.90 Å². The molecule has 0 spiro atoms. The monoisotopic (exact) mass is 373 g/mol. The molecule has 4 rings (SSSR count). The molecule has 3 aromatic rings. The van der Waals surface area contributed by atoms with E-state index in [-0.39, 0.29) is 11.3 Å². The van der Waals surface area contributed by atoms with Crippen molar-refractivity contribution in [3.8, 4) is 17.2 Å². The van der Waals surface area contributed by atoms with E-state index in [2.05, 4.69) is 31.2 Å². The number of thiophene rings is 1. The van der Waals surface area contributed by atoms with Crippen molar-refractivity contribution in [2.75, 3.05) is 7.05 Å². The standard InChI is InChI=1S/C22H19N3OS/c1-22(11-19(24)25(2)20(26)12-22)18-10-16-7-4-8-17(21(16)27-18)15-6-3-5-14(9-15)13-23/h3-10,24H,11-12H2,1-2H3/t22-/m0/s1. The van der Waals surface area contributed by atoms with Crippen molar-refractivity contribution in [3.05, 3.63) is 59.0 Å². The quantitative estimate of drug-likeness (QED) is 0.692. The summed E-state index contributed by atoms with van der Waals surface area (Å²) in [6.07, 6.45) is 0.971. The van der Waals surface area contributed by atoms with E-state index in [9.17, 15) is 10.1 Å². The topological polar surface area (TPSA) is 68.0 Å². The number of benzene rings is 2. The summed E-state index contributed by atoms with van der Waals surface area (Å²) in [6.45, 7) is 2.08. The van der Waals surface area contributed by atoms with Crippen molar-refractivity contribution in [1.29, 1.82) is 10.7 Å². The number of nitrogens with zero attached hydrogens (tertiary/aromatic N) is 2. The molecule has 1 saturated heterocycles. The number of fused-ring (bicyclic) bond motifs is 1. The third-order valence-electron chi connectivity index (χ3n) is 5.32. The second kappa shape index (κ2) is 6.33. The van der Waals surface area contributed by atoms with E-state index in [0.717, 1.165) is 26.1 Å². The van der Waals surface area contributed by atoms with Crippen LogP contribution in [0.2, 0.25) is 0 Å². The molecule has 134 valence electrons. The van der Waals surface area contributed by atoms with Crippen molar-refractivity contribution in [2.24, 2.45) is 0 Å². The van der Waals surface area contributed by atoms with Crippen LogP contribution in [-0.2, 0) is 10.2 Å². The minimum absolute atomic E-state index is 0.00634. The van der Waals surface area contributed by atoms with Gasteiger partial charge in [0.25, 0.3) is 0 Å². The van der Waals surface area contributed by atoms with Gasteiger partial charge >= 0.3 is 0 Å². The van der Waals surface area contributed by atoms with Crippen LogP contribution >= 0.6 is 11.3 Å². The van der Waals surface area contributed by atoms with Gasteiger partial charge in [-0.15, -0.1) is 11.3 Å². The Morgan fingerprint density at radius 1 is 1.19 bits per heavy atom. The number of amides is 1. The summed E-state index contributed by atoms with van der Waals surface area (Å²) >= 11 is 1.69. The summed E-state index contributed by atoms with van der Waals surface area (Å²) in [7, 11) is 1.68. The summed E-state index contributed by atoms with van der Waals surface area (Å²) in [6, 6.07) is 18.2. The second-order valence-corrected chi connectivity index (χ2v) is 8.39. The van der Waals surface area contributed by atoms with Crippen LogP contribution in [0.4, 0.5) is 0 Å². The summed E-state index contributed by atoms with van der Waals surface area (Å²) in [5.41, 5.74) is 2.41. The molecule has 2 heterocycles. The smallest absolute Gasteiger partial charge is 0.228 e. The van der Waals surface area contributed by atoms with Gasteiger partial charge in [0.1, 0.15) is 5.84 Å². The fraction of sp³-hybridized carbons (Fsp3) is 0.227. The van der Waals surface area contributed by atoms with Crippen LogP contribution in [0.3, 0.4) is 0 Å². The molecule has 0 saturated carbocycles. The highest BCUT2D eigenvalue weighted by Crippen LogP contribution is 2.44. The van der Waals surface area contributed by atoms with Crippen molar-refractivity contribution in [2.45, 2.75) is 25.2 Å². The maximum absolute atomic E-state index is 12.3. The maximum atomic E-state index is 12.3. The molecule has 1 amide bonds. The molecule has 1 fully saturated rings. The predicted molar refractivity (Wildman–Crippen MR) is 109 cm³/mol. The Labute approximate surface area is 162 Å². The van der Waals surface area contributed by atoms with Gasteiger partial charge in [-0.05, 0) is 34.7 Å². The molecule has 5 heteroatoms. The first-order valence-corrected chi connectivity index (χ1v) is 9.60. The molecule has 27 heavy (non-hydrogen) atoms. The first-order chi connectivity index (χ1) is 12.9. The van der Waals surface area contributed by atoms with Gasteiger partial charge in [0.15, 0.2) is 0 Å². The van der Waals surface area contributed by atoms with Gasteiger partial charge in [-0.25, -0.2) is 0 Å². The zero-order valence-corrected chi connectivity index (χ0v) is 16.1. The minimum atomic E-state index is -0.351. The molecule has 1 aromatic heterocycles. The maximum Gasteiger partial charge on any atom is 0.228 e. The van der Waals surface area contributed by atoms with E-state index in [0.29, 0.717) is 24.2 Å². The number of carbonyl (C=O) groups is 1. The van der Waals surface area contributed by atoms with Gasteiger partial charge in [-0.3, -0.25) is 10.2 Å². The van der Waals surface area contributed by atoms with Gasteiger partial charge in [-0.1, -0.05) is 37.3 Å². The molecule has 0 bridgehead atoms. The highest BCUT2D eigenvalue weighted by Gasteiger charge is 2.39. The average molecular weight is 373 g/mol. The number of piperidine rings is 1. The van der Waals surface area contributed by atoms with E-state index in [4.69, 9.17) is 5.41 Å². The van der Waals surface area contributed by atoms with E-state index in [1.165, 1.54) is 4.90 Å². The number of nitriles is 1. The van der Waals surface area contributed by atoms with Crippen LogP contribution < -0.4 is 0 Å². The molecule has 2 aromatic carbocycles. The summed E-state index contributed by atoms with van der Waals surface area (Å²) in [5, 5.41) is 18.5. The Kier molecular flexibility index (Phi) is 4.09. The first kappa shape index (κ1) is 17.4. The minimum Gasteiger partial charge on any atom is -0.304 e. The van der Waals surface area contributed by atoms with Gasteiger partial charge in [0.2, 0.25) is 5.91 Å². The van der Waals surface area contributed by atoms with Crippen LogP contribution in [0.15, 0.2) is 48.5 Å². The third kappa shape index (κ3) is 2.92. The Morgan fingerprint density at radius 3 is 2.70 bits per heavy atom. The second-order valence-electron chi connectivity index (χ2n) is 7.34. The van der Waals surface area contributed by atoms with E-state index in [1.54, 1.807) is 24.5 Å². The Hall–Kier alpha value is -2.97. The molecular weight excluding hydrogens is 354 g/mol. The Balaban J connectivity index is 1.83. The first-order valence-electron chi connectivity index (χ1n) is 8.79. The zero-order valence-electron chi connectivity index (χ0n) is 15.2. The lowest BCUT2D eigenvalue weighted by atomic mass is 9.78. The lowest BCUT2D eigenvalue weighted by Gasteiger charge is -2.36. The largest absolute Gasteiger partial charge is 0.304 e. The van der Waals surface area contributed by atoms with Crippen LogP contribution in [0.1, 0.15) is 30.2 Å². The molecule has 4 nitrogen and oxygen atoms in total. The number of nitrogens with one attached hydrogen (secondary N) is 1. The summed E-state index contributed by atoms with van der Waals surface area (Å²) in [4.78, 5) is 14.9. The molecule has 0 aliphatic carbocycles. The average Bonchev–Trinajstić information content (AvgIpc) is 3.11. The van der Waals surface area contributed by atoms with E-state index >= 15 is 0 Å². The number of likely N-dealkylation sites (tertiary alicyclic amines) is 1. The normalized spacial score (nSPS) is 20.1. The molecule has 1 N–H and O–H groups in total. The molecule has 0 radical (unpaired) electrons. The third-order valence-corrected chi connectivity index (χ3v) is 6.81. The van der Waals surface area contributed by atoms with E-state index < -0.39 is 0 Å². The Morgan fingerprint density at radius 2 is 1.96 bits per heavy atom. The van der Waals surface area contributed by atoms with Crippen LogP contribution in [0.5, 0.6) is 0 Å². The highest BCUT2D eigenvalue weighted by atomic mass is 32.1. The van der Waals surface area contributed by atoms with Crippen molar-refractivity contribution in [1.82, 2.24) is 4.90 Å². The molecule has 0 unspecified atom stereocenters. The number of rotatable bonds is 2. The van der Waals surface area contributed by atoms with Crippen LogP contribution in [-0.4, -0.2) is 23.7 Å². The highest BCUT2D eigenvalue weighted by molar-refractivity contribution is 7.19. The Bertz CT molecular complexity index is 1100. The lowest BCUT2D eigenvalue weighted by molar-refractivity contribution is -0.128. The van der Waals surface area contributed by atoms with Crippen LogP contribution in [0.25, 0.3) is 21.2 Å². The molecule has 1 aliphatic heterocycles. The van der Waals surface area contributed by atoms with Crippen molar-refractivity contribution in [3.63, 3.8) is 0 Å². The number of hydrogen-bond acceptors (Lipinski definition) is 4. The van der Waals surface area contributed by atoms with Gasteiger partial charge in [-0.2, -0.15) is 5.26 Å². The summed E-state index contributed by atoms with van der Waals surface area (Å²) < 4.78 is 1.15. The number of amidine groups is 1. The predicted octanol–water partition coefficient (Wildman–Crippen LogP) is 4.93. The SMILES string of the molecule is CN1C(=N)C[C@](C)(c2cc3cccc(-c4cccc(C#N)c4)c3s2)CC1=O. The molecule has 1 aliphatic rings. The van der Waals surface area contributed by atoms with Crippen LogP contribution in [0, 0.1) is 16.7 Å². The molecular formula is C22H19N3OS. The summed E-state index contributed by atoms with van der Waals surface area (Å²) in [5.74, 6) is 0.362. The fourth-order valence-electron chi connectivity index (χ4n) is 3.67. The van der Waals surface area contributed by atoms with Gasteiger partial charge in [0, 0.05) is 34.9 Å². The van der Waals surface area contributed by atoms with Crippen molar-refractivity contribution < 1.29 is 4.79 Å². The zero-order chi connectivity index (χ0) is 19.2.